The van der Waals surface area contributed by atoms with Crippen molar-refractivity contribution in [1.82, 2.24) is 15.2 Å². The molecule has 0 radical (unpaired) electrons. The SMILES string of the molecule is Fc1cccc(Cc2nc(-c3ccccc3)n[nH]2)c1F. The Labute approximate surface area is 114 Å². The quantitative estimate of drug-likeness (QED) is 0.793. The summed E-state index contributed by atoms with van der Waals surface area (Å²) in [5, 5.41) is 6.83. The summed E-state index contributed by atoms with van der Waals surface area (Å²) in [6, 6.07) is 13.5. The Morgan fingerprint density at radius 2 is 1.75 bits per heavy atom. The highest BCUT2D eigenvalue weighted by molar-refractivity contribution is 5.53. The molecule has 0 unspecified atom stereocenters. The highest BCUT2D eigenvalue weighted by atomic mass is 19.2. The molecule has 1 heterocycles. The first-order valence-electron chi connectivity index (χ1n) is 6.13. The van der Waals surface area contributed by atoms with Gasteiger partial charge >= 0.3 is 0 Å². The van der Waals surface area contributed by atoms with E-state index in [2.05, 4.69) is 15.2 Å². The van der Waals surface area contributed by atoms with Gasteiger partial charge in [-0.25, -0.2) is 13.8 Å². The molecule has 3 rings (SSSR count). The lowest BCUT2D eigenvalue weighted by molar-refractivity contribution is 0.500. The third kappa shape index (κ3) is 2.42. The maximum atomic E-state index is 13.6. The second-order valence-electron chi connectivity index (χ2n) is 4.36. The Hall–Kier alpha value is -2.56. The molecule has 0 saturated heterocycles. The molecule has 2 aromatic carbocycles. The first kappa shape index (κ1) is 12.5. The van der Waals surface area contributed by atoms with Crippen molar-refractivity contribution in [3.8, 4) is 11.4 Å². The van der Waals surface area contributed by atoms with Gasteiger partial charge in [0.15, 0.2) is 17.5 Å². The predicted octanol–water partition coefficient (Wildman–Crippen LogP) is 3.34. The van der Waals surface area contributed by atoms with Gasteiger partial charge in [0, 0.05) is 12.0 Å². The van der Waals surface area contributed by atoms with Crippen LogP contribution in [0, 0.1) is 11.6 Å². The fourth-order valence-electron chi connectivity index (χ4n) is 1.96. The molecule has 0 aliphatic rings. The van der Waals surface area contributed by atoms with Crippen molar-refractivity contribution in [2.24, 2.45) is 0 Å². The number of hydrogen-bond donors (Lipinski definition) is 1. The minimum Gasteiger partial charge on any atom is -0.262 e. The molecule has 100 valence electrons. The zero-order valence-corrected chi connectivity index (χ0v) is 10.5. The number of aromatic amines is 1. The maximum absolute atomic E-state index is 13.6. The van der Waals surface area contributed by atoms with Gasteiger partial charge in [0.1, 0.15) is 5.82 Å². The zero-order valence-electron chi connectivity index (χ0n) is 10.5. The normalized spacial score (nSPS) is 10.7. The number of nitrogens with zero attached hydrogens (tertiary/aromatic N) is 2. The Kier molecular flexibility index (Phi) is 3.25. The average Bonchev–Trinajstić information content (AvgIpc) is 2.93. The lowest BCUT2D eigenvalue weighted by Gasteiger charge is -2.00. The van der Waals surface area contributed by atoms with Crippen LogP contribution in [0.4, 0.5) is 8.78 Å². The predicted molar refractivity (Wildman–Crippen MR) is 71.0 cm³/mol. The van der Waals surface area contributed by atoms with Gasteiger partial charge in [-0.05, 0) is 11.6 Å². The first-order chi connectivity index (χ1) is 9.74. The van der Waals surface area contributed by atoms with E-state index >= 15 is 0 Å². The first-order valence-corrected chi connectivity index (χ1v) is 6.13. The van der Waals surface area contributed by atoms with E-state index in [-0.39, 0.29) is 12.0 Å². The molecule has 0 amide bonds. The van der Waals surface area contributed by atoms with Crippen LogP contribution in [0.1, 0.15) is 11.4 Å². The number of rotatable bonds is 3. The largest absolute Gasteiger partial charge is 0.262 e. The van der Waals surface area contributed by atoms with Gasteiger partial charge in [-0.15, -0.1) is 0 Å². The second kappa shape index (κ2) is 5.21. The lowest BCUT2D eigenvalue weighted by Crippen LogP contribution is -1.97. The van der Waals surface area contributed by atoms with E-state index in [4.69, 9.17) is 0 Å². The molecule has 0 saturated carbocycles. The molecule has 1 N–H and O–H groups in total. The van der Waals surface area contributed by atoms with Crippen LogP contribution >= 0.6 is 0 Å². The number of aromatic nitrogens is 3. The Balaban J connectivity index is 1.86. The van der Waals surface area contributed by atoms with Crippen LogP contribution < -0.4 is 0 Å². The molecule has 0 spiro atoms. The number of benzene rings is 2. The number of nitrogens with one attached hydrogen (secondary N) is 1. The summed E-state index contributed by atoms with van der Waals surface area (Å²) in [5.41, 5.74) is 1.12. The Bertz CT molecular complexity index is 723. The summed E-state index contributed by atoms with van der Waals surface area (Å²) >= 11 is 0. The molecule has 0 aliphatic heterocycles. The van der Waals surface area contributed by atoms with Gasteiger partial charge in [0.2, 0.25) is 0 Å². The molecule has 3 nitrogen and oxygen atoms in total. The van der Waals surface area contributed by atoms with Crippen LogP contribution in [-0.4, -0.2) is 15.2 Å². The third-order valence-corrected chi connectivity index (χ3v) is 2.95. The zero-order chi connectivity index (χ0) is 13.9. The number of hydrogen-bond acceptors (Lipinski definition) is 2. The van der Waals surface area contributed by atoms with E-state index in [1.54, 1.807) is 0 Å². The van der Waals surface area contributed by atoms with Crippen molar-refractivity contribution in [2.75, 3.05) is 0 Å². The molecule has 0 atom stereocenters. The van der Waals surface area contributed by atoms with Crippen molar-refractivity contribution < 1.29 is 8.78 Å². The summed E-state index contributed by atoms with van der Waals surface area (Å²) < 4.78 is 26.7. The summed E-state index contributed by atoms with van der Waals surface area (Å²) in [5.74, 6) is -0.666. The van der Waals surface area contributed by atoms with E-state index in [9.17, 15) is 8.78 Å². The van der Waals surface area contributed by atoms with Gasteiger partial charge in [-0.1, -0.05) is 42.5 Å². The van der Waals surface area contributed by atoms with E-state index in [0.717, 1.165) is 11.6 Å². The van der Waals surface area contributed by atoms with Crippen molar-refractivity contribution in [3.05, 3.63) is 71.6 Å². The summed E-state index contributed by atoms with van der Waals surface area (Å²) in [6.45, 7) is 0. The minimum atomic E-state index is -0.856. The average molecular weight is 271 g/mol. The van der Waals surface area contributed by atoms with Gasteiger partial charge in [-0.3, -0.25) is 5.10 Å². The summed E-state index contributed by atoms with van der Waals surface area (Å²) in [6.07, 6.45) is 0.170. The Morgan fingerprint density at radius 3 is 2.55 bits per heavy atom. The van der Waals surface area contributed by atoms with Crippen LogP contribution in [0.3, 0.4) is 0 Å². The van der Waals surface area contributed by atoms with Gasteiger partial charge in [0.25, 0.3) is 0 Å². The van der Waals surface area contributed by atoms with Gasteiger partial charge in [-0.2, -0.15) is 5.10 Å². The lowest BCUT2D eigenvalue weighted by atomic mass is 10.1. The molecular formula is C15H11F2N3. The fourth-order valence-corrected chi connectivity index (χ4v) is 1.96. The molecule has 5 heteroatoms. The molecule has 0 aliphatic carbocycles. The highest BCUT2D eigenvalue weighted by Crippen LogP contribution is 2.17. The van der Waals surface area contributed by atoms with Crippen molar-refractivity contribution in [2.45, 2.75) is 6.42 Å². The van der Waals surface area contributed by atoms with Gasteiger partial charge < -0.3 is 0 Å². The van der Waals surface area contributed by atoms with Crippen LogP contribution in [-0.2, 0) is 6.42 Å². The van der Waals surface area contributed by atoms with Crippen LogP contribution in [0.2, 0.25) is 0 Å². The third-order valence-electron chi connectivity index (χ3n) is 2.95. The number of halogens is 2. The molecule has 0 bridgehead atoms. The highest BCUT2D eigenvalue weighted by Gasteiger charge is 2.11. The number of H-pyrrole nitrogens is 1. The van der Waals surface area contributed by atoms with Crippen LogP contribution in [0.5, 0.6) is 0 Å². The molecule has 1 aromatic heterocycles. The topological polar surface area (TPSA) is 41.6 Å². The Morgan fingerprint density at radius 1 is 0.950 bits per heavy atom. The van der Waals surface area contributed by atoms with Crippen LogP contribution in [0.15, 0.2) is 48.5 Å². The van der Waals surface area contributed by atoms with E-state index in [1.165, 1.54) is 12.1 Å². The molecule has 20 heavy (non-hydrogen) atoms. The van der Waals surface area contributed by atoms with Crippen molar-refractivity contribution in [1.29, 1.82) is 0 Å². The summed E-state index contributed by atoms with van der Waals surface area (Å²) in [7, 11) is 0. The minimum absolute atomic E-state index is 0.170. The second-order valence-corrected chi connectivity index (χ2v) is 4.36. The van der Waals surface area contributed by atoms with Crippen molar-refractivity contribution in [3.63, 3.8) is 0 Å². The monoisotopic (exact) mass is 271 g/mol. The van der Waals surface area contributed by atoms with Gasteiger partial charge in [0.05, 0.1) is 0 Å². The van der Waals surface area contributed by atoms with Crippen LogP contribution in [0.25, 0.3) is 11.4 Å². The van der Waals surface area contributed by atoms with E-state index in [1.807, 2.05) is 30.3 Å². The smallest absolute Gasteiger partial charge is 0.181 e. The molecule has 3 aromatic rings. The fraction of sp³-hybridized carbons (Fsp3) is 0.0667. The molecular weight excluding hydrogens is 260 g/mol. The molecule has 0 fully saturated rings. The maximum Gasteiger partial charge on any atom is 0.181 e. The van der Waals surface area contributed by atoms with Crippen molar-refractivity contribution >= 4 is 0 Å². The van der Waals surface area contributed by atoms with E-state index in [0.29, 0.717) is 11.6 Å². The van der Waals surface area contributed by atoms with E-state index < -0.39 is 11.6 Å². The standard InChI is InChI=1S/C15H11F2N3/c16-12-8-4-7-11(14(12)17)9-13-18-15(20-19-13)10-5-2-1-3-6-10/h1-8H,9H2,(H,18,19,20). The summed E-state index contributed by atoms with van der Waals surface area (Å²) in [4.78, 5) is 4.29.